The van der Waals surface area contributed by atoms with Gasteiger partial charge in [-0.1, -0.05) is 44.2 Å². The van der Waals surface area contributed by atoms with Gasteiger partial charge in [0.05, 0.1) is 0 Å². The van der Waals surface area contributed by atoms with E-state index < -0.39 is 23.4 Å². The Kier molecular flexibility index (Phi) is 8.67. The zero-order valence-electron chi connectivity index (χ0n) is 16.4. The first-order valence-electron chi connectivity index (χ1n) is 8.68. The highest BCUT2D eigenvalue weighted by Crippen LogP contribution is 2.17. The standard InChI is InChI=1S/C19H26N4O5/c1-13(2)19(4,17(26)23-22-16(25)10-11-20-14(3)24)21-18(27)28-12-15-8-6-5-7-9-15/h5-11,13H,12H2,1-4H3,(H,20,24)(H,21,27)(H,22,25)(H,23,26)/b11-10+/t19-/m0/s1. The molecule has 0 radical (unpaired) electrons. The summed E-state index contributed by atoms with van der Waals surface area (Å²) in [4.78, 5) is 47.0. The van der Waals surface area contributed by atoms with Gasteiger partial charge >= 0.3 is 6.09 Å². The molecule has 4 N–H and O–H groups in total. The molecule has 28 heavy (non-hydrogen) atoms. The van der Waals surface area contributed by atoms with Gasteiger partial charge in [0.1, 0.15) is 12.1 Å². The molecule has 1 aromatic carbocycles. The molecular formula is C19H26N4O5. The minimum Gasteiger partial charge on any atom is -0.445 e. The van der Waals surface area contributed by atoms with Crippen molar-refractivity contribution < 1.29 is 23.9 Å². The van der Waals surface area contributed by atoms with Gasteiger partial charge in [-0.25, -0.2) is 4.79 Å². The van der Waals surface area contributed by atoms with Crippen molar-refractivity contribution in [3.63, 3.8) is 0 Å². The van der Waals surface area contributed by atoms with Crippen molar-refractivity contribution in [2.24, 2.45) is 5.92 Å². The molecule has 0 unspecified atom stereocenters. The van der Waals surface area contributed by atoms with E-state index in [2.05, 4.69) is 21.5 Å². The van der Waals surface area contributed by atoms with Gasteiger partial charge in [0.15, 0.2) is 0 Å². The van der Waals surface area contributed by atoms with E-state index >= 15 is 0 Å². The van der Waals surface area contributed by atoms with E-state index in [1.807, 2.05) is 30.3 Å². The van der Waals surface area contributed by atoms with Crippen LogP contribution in [-0.2, 0) is 25.7 Å². The minimum absolute atomic E-state index is 0.0626. The van der Waals surface area contributed by atoms with Crippen molar-refractivity contribution in [1.82, 2.24) is 21.5 Å². The Balaban J connectivity index is 2.61. The van der Waals surface area contributed by atoms with Crippen LogP contribution in [0.4, 0.5) is 4.79 Å². The Morgan fingerprint density at radius 3 is 2.32 bits per heavy atom. The van der Waals surface area contributed by atoms with Crippen LogP contribution in [0.1, 0.15) is 33.3 Å². The molecule has 0 saturated carbocycles. The smallest absolute Gasteiger partial charge is 0.408 e. The van der Waals surface area contributed by atoms with Crippen molar-refractivity contribution in [3.05, 3.63) is 48.2 Å². The molecule has 0 saturated heterocycles. The lowest BCUT2D eigenvalue weighted by atomic mass is 9.88. The highest BCUT2D eigenvalue weighted by atomic mass is 16.5. The van der Waals surface area contributed by atoms with Gasteiger partial charge in [0.25, 0.3) is 11.8 Å². The molecule has 1 atom stereocenters. The summed E-state index contributed by atoms with van der Waals surface area (Å²) in [5, 5.41) is 4.84. The van der Waals surface area contributed by atoms with Crippen LogP contribution >= 0.6 is 0 Å². The Hall–Kier alpha value is -3.36. The number of nitrogens with one attached hydrogen (secondary N) is 4. The van der Waals surface area contributed by atoms with Crippen molar-refractivity contribution in [3.8, 4) is 0 Å². The number of carbonyl (C=O) groups excluding carboxylic acids is 4. The van der Waals surface area contributed by atoms with Crippen LogP contribution in [0.5, 0.6) is 0 Å². The quantitative estimate of drug-likeness (QED) is 0.410. The largest absolute Gasteiger partial charge is 0.445 e. The summed E-state index contributed by atoms with van der Waals surface area (Å²) in [5.41, 5.74) is 3.91. The summed E-state index contributed by atoms with van der Waals surface area (Å²) >= 11 is 0. The SMILES string of the molecule is CC(=O)N/C=C/C(=O)NNC(=O)[C@@](C)(NC(=O)OCc1ccccc1)C(C)C. The lowest BCUT2D eigenvalue weighted by molar-refractivity contribution is -0.132. The Morgan fingerprint density at radius 2 is 1.75 bits per heavy atom. The molecule has 0 heterocycles. The number of hydrogen-bond donors (Lipinski definition) is 4. The summed E-state index contributed by atoms with van der Waals surface area (Å²) < 4.78 is 5.16. The van der Waals surface area contributed by atoms with Gasteiger partial charge in [0, 0.05) is 19.2 Å². The third-order valence-corrected chi connectivity index (χ3v) is 4.02. The first-order chi connectivity index (χ1) is 13.1. The number of ether oxygens (including phenoxy) is 1. The van der Waals surface area contributed by atoms with Crippen LogP contribution in [0.15, 0.2) is 42.6 Å². The number of carbonyl (C=O) groups is 4. The molecule has 0 spiro atoms. The maximum absolute atomic E-state index is 12.5. The summed E-state index contributed by atoms with van der Waals surface area (Å²) in [6.45, 7) is 6.37. The van der Waals surface area contributed by atoms with E-state index in [4.69, 9.17) is 4.74 Å². The predicted octanol–water partition coefficient (Wildman–Crippen LogP) is 1.12. The molecule has 0 bridgehead atoms. The van der Waals surface area contributed by atoms with E-state index in [1.165, 1.54) is 13.8 Å². The van der Waals surface area contributed by atoms with Gasteiger partial charge in [-0.05, 0) is 18.4 Å². The normalized spacial score (nSPS) is 12.8. The van der Waals surface area contributed by atoms with Gasteiger partial charge < -0.3 is 15.4 Å². The van der Waals surface area contributed by atoms with Gasteiger partial charge in [0.2, 0.25) is 5.91 Å². The second-order valence-electron chi connectivity index (χ2n) is 6.52. The first kappa shape index (κ1) is 22.7. The zero-order chi connectivity index (χ0) is 21.2. The molecule has 1 aromatic rings. The number of benzene rings is 1. The second kappa shape index (κ2) is 10.7. The highest BCUT2D eigenvalue weighted by Gasteiger charge is 2.39. The highest BCUT2D eigenvalue weighted by molar-refractivity contribution is 5.93. The fraction of sp³-hybridized carbons (Fsp3) is 0.368. The van der Waals surface area contributed by atoms with Crippen LogP contribution in [0.25, 0.3) is 0 Å². The van der Waals surface area contributed by atoms with Crippen molar-refractivity contribution >= 4 is 23.8 Å². The number of hydrogen-bond acceptors (Lipinski definition) is 5. The Labute approximate surface area is 163 Å². The molecule has 152 valence electrons. The molecule has 0 aliphatic carbocycles. The molecular weight excluding hydrogens is 364 g/mol. The maximum atomic E-state index is 12.5. The molecule has 0 fully saturated rings. The number of rotatable bonds is 7. The Morgan fingerprint density at radius 1 is 1.11 bits per heavy atom. The third kappa shape index (κ3) is 7.48. The van der Waals surface area contributed by atoms with Gasteiger partial charge in [-0.2, -0.15) is 0 Å². The molecule has 0 aliphatic rings. The third-order valence-electron chi connectivity index (χ3n) is 4.02. The average molecular weight is 390 g/mol. The summed E-state index contributed by atoms with van der Waals surface area (Å²) in [7, 11) is 0. The molecule has 4 amide bonds. The van der Waals surface area contributed by atoms with E-state index in [0.717, 1.165) is 17.8 Å². The maximum Gasteiger partial charge on any atom is 0.408 e. The van der Waals surface area contributed by atoms with Crippen LogP contribution in [-0.4, -0.2) is 29.4 Å². The number of amides is 4. The van der Waals surface area contributed by atoms with E-state index in [-0.39, 0.29) is 18.4 Å². The van der Waals surface area contributed by atoms with Crippen LogP contribution in [0.3, 0.4) is 0 Å². The molecule has 9 nitrogen and oxygen atoms in total. The summed E-state index contributed by atoms with van der Waals surface area (Å²) in [5.74, 6) is -1.91. The number of alkyl carbamates (subject to hydrolysis) is 1. The molecule has 9 heteroatoms. The first-order valence-corrected chi connectivity index (χ1v) is 8.68. The molecule has 1 rings (SSSR count). The lowest BCUT2D eigenvalue weighted by Gasteiger charge is -2.32. The van der Waals surface area contributed by atoms with Gasteiger partial charge in [-0.15, -0.1) is 0 Å². The van der Waals surface area contributed by atoms with E-state index in [0.29, 0.717) is 0 Å². The van der Waals surface area contributed by atoms with E-state index in [9.17, 15) is 19.2 Å². The lowest BCUT2D eigenvalue weighted by Crippen LogP contribution is -2.62. The fourth-order valence-electron chi connectivity index (χ4n) is 1.96. The van der Waals surface area contributed by atoms with Crippen molar-refractivity contribution in [2.75, 3.05) is 0 Å². The van der Waals surface area contributed by atoms with Crippen molar-refractivity contribution in [2.45, 2.75) is 39.8 Å². The van der Waals surface area contributed by atoms with Crippen LogP contribution in [0.2, 0.25) is 0 Å². The average Bonchev–Trinajstić information content (AvgIpc) is 2.64. The van der Waals surface area contributed by atoms with E-state index in [1.54, 1.807) is 13.8 Å². The fourth-order valence-corrected chi connectivity index (χ4v) is 1.96. The second-order valence-corrected chi connectivity index (χ2v) is 6.52. The zero-order valence-corrected chi connectivity index (χ0v) is 16.4. The number of hydrazine groups is 1. The molecule has 0 aromatic heterocycles. The Bertz CT molecular complexity index is 733. The topological polar surface area (TPSA) is 126 Å². The van der Waals surface area contributed by atoms with Crippen molar-refractivity contribution in [1.29, 1.82) is 0 Å². The van der Waals surface area contributed by atoms with Crippen LogP contribution in [0, 0.1) is 5.92 Å². The van der Waals surface area contributed by atoms with Crippen LogP contribution < -0.4 is 21.5 Å². The monoisotopic (exact) mass is 390 g/mol. The minimum atomic E-state index is -1.33. The predicted molar refractivity (Wildman–Crippen MR) is 102 cm³/mol. The summed E-state index contributed by atoms with van der Waals surface area (Å²) in [6.07, 6.45) is 1.42. The summed E-state index contributed by atoms with van der Waals surface area (Å²) in [6, 6.07) is 9.12. The molecule has 0 aliphatic heterocycles. The van der Waals surface area contributed by atoms with Gasteiger partial charge in [-0.3, -0.25) is 25.2 Å².